The van der Waals surface area contributed by atoms with E-state index < -0.39 is 0 Å². The molecular weight excluding hydrogens is 319 g/mol. The van der Waals surface area contributed by atoms with Crippen molar-refractivity contribution in [1.82, 2.24) is 4.90 Å². The minimum absolute atomic E-state index is 0.259. The summed E-state index contributed by atoms with van der Waals surface area (Å²) in [5.41, 5.74) is 0.971. The molecule has 3 nitrogen and oxygen atoms in total. The number of piperazine rings is 1. The Morgan fingerprint density at radius 3 is 2.36 bits per heavy atom. The topological polar surface area (TPSA) is 23.6 Å². The van der Waals surface area contributed by atoms with Crippen molar-refractivity contribution in [2.24, 2.45) is 5.92 Å². The molecule has 0 spiro atoms. The van der Waals surface area contributed by atoms with Gasteiger partial charge in [-0.15, -0.1) is 0 Å². The molecule has 1 aromatic rings. The lowest BCUT2D eigenvalue weighted by molar-refractivity contribution is -0.136. The van der Waals surface area contributed by atoms with E-state index in [9.17, 15) is 4.79 Å². The van der Waals surface area contributed by atoms with E-state index in [1.54, 1.807) is 6.07 Å². The van der Waals surface area contributed by atoms with E-state index in [2.05, 4.69) is 4.90 Å². The summed E-state index contributed by atoms with van der Waals surface area (Å²) in [5.74, 6) is 0.617. The lowest BCUT2D eigenvalue weighted by Crippen LogP contribution is -2.50. The summed E-state index contributed by atoms with van der Waals surface area (Å²) in [6.07, 6.45) is 5.83. The second kappa shape index (κ2) is 7.10. The summed E-state index contributed by atoms with van der Waals surface area (Å²) in [5, 5.41) is 1.41. The number of nitrogens with zero attached hydrogens (tertiary/aromatic N) is 2. The van der Waals surface area contributed by atoms with Crippen molar-refractivity contribution < 1.29 is 4.79 Å². The van der Waals surface area contributed by atoms with Crippen LogP contribution in [-0.2, 0) is 4.79 Å². The molecule has 1 saturated carbocycles. The highest BCUT2D eigenvalue weighted by molar-refractivity contribution is 6.35. The van der Waals surface area contributed by atoms with Gasteiger partial charge >= 0.3 is 0 Å². The second-order valence-electron chi connectivity index (χ2n) is 6.24. The van der Waals surface area contributed by atoms with E-state index in [0.29, 0.717) is 10.9 Å². The van der Waals surface area contributed by atoms with Crippen molar-refractivity contribution in [3.05, 3.63) is 28.2 Å². The Bertz CT molecular complexity index is 535. The smallest absolute Gasteiger partial charge is 0.225 e. The van der Waals surface area contributed by atoms with Crippen LogP contribution in [0.25, 0.3) is 0 Å². The van der Waals surface area contributed by atoms with Gasteiger partial charge in [0.15, 0.2) is 0 Å². The summed E-state index contributed by atoms with van der Waals surface area (Å²) >= 11 is 12.3. The number of benzene rings is 1. The number of hydrogen-bond acceptors (Lipinski definition) is 2. The van der Waals surface area contributed by atoms with Crippen LogP contribution in [-0.4, -0.2) is 37.0 Å². The van der Waals surface area contributed by atoms with Gasteiger partial charge in [0, 0.05) is 37.1 Å². The predicted molar refractivity (Wildman–Crippen MR) is 91.8 cm³/mol. The highest BCUT2D eigenvalue weighted by atomic mass is 35.5. The number of carbonyl (C=O) groups is 1. The second-order valence-corrected chi connectivity index (χ2v) is 7.09. The van der Waals surface area contributed by atoms with Crippen molar-refractivity contribution in [2.75, 3.05) is 31.1 Å². The first kappa shape index (κ1) is 15.9. The molecule has 22 heavy (non-hydrogen) atoms. The van der Waals surface area contributed by atoms with Crippen LogP contribution in [0.15, 0.2) is 18.2 Å². The Morgan fingerprint density at radius 1 is 1.00 bits per heavy atom. The van der Waals surface area contributed by atoms with Gasteiger partial charge in [-0.3, -0.25) is 4.79 Å². The molecule has 1 saturated heterocycles. The third kappa shape index (κ3) is 3.52. The maximum absolute atomic E-state index is 12.6. The molecule has 0 radical (unpaired) electrons. The van der Waals surface area contributed by atoms with Crippen LogP contribution in [0.5, 0.6) is 0 Å². The van der Waals surface area contributed by atoms with Gasteiger partial charge in [0.1, 0.15) is 0 Å². The van der Waals surface area contributed by atoms with Crippen LogP contribution in [0.2, 0.25) is 10.0 Å². The number of carbonyl (C=O) groups excluding carboxylic acids is 1. The quantitative estimate of drug-likeness (QED) is 0.804. The molecule has 1 heterocycles. The zero-order chi connectivity index (χ0) is 15.5. The Labute approximate surface area is 142 Å². The zero-order valence-corrected chi connectivity index (χ0v) is 14.2. The van der Waals surface area contributed by atoms with E-state index in [1.165, 1.54) is 19.3 Å². The van der Waals surface area contributed by atoms with Gasteiger partial charge in [0.25, 0.3) is 0 Å². The molecule has 5 heteroatoms. The van der Waals surface area contributed by atoms with Gasteiger partial charge in [-0.05, 0) is 31.0 Å². The van der Waals surface area contributed by atoms with E-state index in [0.717, 1.165) is 49.7 Å². The number of rotatable bonds is 2. The largest absolute Gasteiger partial charge is 0.367 e. The fraction of sp³-hybridized carbons (Fsp3) is 0.588. The lowest BCUT2D eigenvalue weighted by atomic mass is 9.88. The van der Waals surface area contributed by atoms with E-state index >= 15 is 0 Å². The minimum Gasteiger partial charge on any atom is -0.367 e. The monoisotopic (exact) mass is 340 g/mol. The van der Waals surface area contributed by atoms with Crippen molar-refractivity contribution in [1.29, 1.82) is 0 Å². The van der Waals surface area contributed by atoms with Crippen molar-refractivity contribution in [3.63, 3.8) is 0 Å². The molecule has 1 amide bonds. The molecule has 0 bridgehead atoms. The zero-order valence-electron chi connectivity index (χ0n) is 12.7. The highest BCUT2D eigenvalue weighted by Gasteiger charge is 2.28. The van der Waals surface area contributed by atoms with Crippen molar-refractivity contribution in [2.45, 2.75) is 32.1 Å². The van der Waals surface area contributed by atoms with E-state index in [4.69, 9.17) is 23.2 Å². The molecular formula is C17H22Cl2N2O. The normalized spacial score (nSPS) is 20.3. The van der Waals surface area contributed by atoms with Gasteiger partial charge in [-0.1, -0.05) is 42.5 Å². The average molecular weight is 341 g/mol. The molecule has 1 aliphatic heterocycles. The Kier molecular flexibility index (Phi) is 5.14. The lowest BCUT2D eigenvalue weighted by Gasteiger charge is -2.38. The first-order valence-corrected chi connectivity index (χ1v) is 8.89. The van der Waals surface area contributed by atoms with E-state index in [1.807, 2.05) is 17.0 Å². The van der Waals surface area contributed by atoms with Gasteiger partial charge in [0.2, 0.25) is 5.91 Å². The predicted octanol–water partition coefficient (Wildman–Crippen LogP) is 4.22. The summed E-state index contributed by atoms with van der Waals surface area (Å²) in [6.45, 7) is 3.19. The Balaban J connectivity index is 1.60. The number of amides is 1. The molecule has 0 unspecified atom stereocenters. The molecule has 0 aromatic heterocycles. The standard InChI is InChI=1S/C17H22Cl2N2O/c18-14-6-7-15(19)16(12-14)20-8-10-21(11-9-20)17(22)13-4-2-1-3-5-13/h6-7,12-13H,1-5,8-11H2. The first-order chi connectivity index (χ1) is 10.6. The molecule has 0 N–H and O–H groups in total. The van der Waals surface area contributed by atoms with Crippen LogP contribution in [0.3, 0.4) is 0 Å². The number of hydrogen-bond donors (Lipinski definition) is 0. The van der Waals surface area contributed by atoms with Crippen LogP contribution < -0.4 is 4.90 Å². The van der Waals surface area contributed by atoms with Gasteiger partial charge < -0.3 is 9.80 Å². The van der Waals surface area contributed by atoms with Crippen LogP contribution >= 0.6 is 23.2 Å². The fourth-order valence-corrected chi connectivity index (χ4v) is 3.91. The molecule has 1 aromatic carbocycles. The average Bonchev–Trinajstić information content (AvgIpc) is 2.57. The van der Waals surface area contributed by atoms with Crippen LogP contribution in [0.4, 0.5) is 5.69 Å². The summed E-state index contributed by atoms with van der Waals surface area (Å²) in [7, 11) is 0. The summed E-state index contributed by atoms with van der Waals surface area (Å²) in [4.78, 5) is 16.8. The Morgan fingerprint density at radius 2 is 1.68 bits per heavy atom. The molecule has 0 atom stereocenters. The number of anilines is 1. The third-order valence-corrected chi connectivity index (χ3v) is 5.35. The van der Waals surface area contributed by atoms with Gasteiger partial charge in [-0.25, -0.2) is 0 Å². The van der Waals surface area contributed by atoms with Gasteiger partial charge in [0.05, 0.1) is 10.7 Å². The summed E-state index contributed by atoms with van der Waals surface area (Å²) in [6, 6.07) is 5.54. The van der Waals surface area contributed by atoms with Gasteiger partial charge in [-0.2, -0.15) is 0 Å². The molecule has 2 aliphatic rings. The molecule has 120 valence electrons. The Hall–Kier alpha value is -0.930. The van der Waals surface area contributed by atoms with Crippen LogP contribution in [0, 0.1) is 5.92 Å². The van der Waals surface area contributed by atoms with Crippen LogP contribution in [0.1, 0.15) is 32.1 Å². The minimum atomic E-state index is 0.259. The van der Waals surface area contributed by atoms with E-state index in [-0.39, 0.29) is 5.92 Å². The molecule has 3 rings (SSSR count). The highest BCUT2D eigenvalue weighted by Crippen LogP contribution is 2.30. The van der Waals surface area contributed by atoms with Crippen molar-refractivity contribution in [3.8, 4) is 0 Å². The SMILES string of the molecule is O=C(C1CCCCC1)N1CCN(c2cc(Cl)ccc2Cl)CC1. The number of halogens is 2. The maximum atomic E-state index is 12.6. The maximum Gasteiger partial charge on any atom is 0.225 e. The van der Waals surface area contributed by atoms with Crippen molar-refractivity contribution >= 4 is 34.8 Å². The molecule has 2 fully saturated rings. The fourth-order valence-electron chi connectivity index (χ4n) is 3.50. The molecule has 1 aliphatic carbocycles. The third-order valence-electron chi connectivity index (χ3n) is 4.79. The summed E-state index contributed by atoms with van der Waals surface area (Å²) < 4.78 is 0. The first-order valence-electron chi connectivity index (χ1n) is 8.14.